The third-order valence-electron chi connectivity index (χ3n) is 5.49. The van der Waals surface area contributed by atoms with Crippen molar-refractivity contribution in [1.29, 1.82) is 0 Å². The van der Waals surface area contributed by atoms with E-state index < -0.39 is 0 Å². The molecule has 150 valence electrons. The van der Waals surface area contributed by atoms with Gasteiger partial charge in [-0.1, -0.05) is 11.3 Å². The maximum atomic E-state index is 10.9. The number of hydrogen-bond acceptors (Lipinski definition) is 6. The minimum absolute atomic E-state index is 0.00962. The van der Waals surface area contributed by atoms with Crippen molar-refractivity contribution in [3.63, 3.8) is 0 Å². The Labute approximate surface area is 167 Å². The van der Waals surface area contributed by atoms with Gasteiger partial charge in [-0.05, 0) is 31.2 Å². The normalized spacial score (nSPS) is 21.1. The molecule has 9 heteroatoms. The first-order chi connectivity index (χ1) is 13.6. The van der Waals surface area contributed by atoms with Crippen molar-refractivity contribution in [2.45, 2.75) is 13.0 Å². The summed E-state index contributed by atoms with van der Waals surface area (Å²) in [6.07, 6.45) is 0. The van der Waals surface area contributed by atoms with Gasteiger partial charge in [0.05, 0.1) is 13.7 Å². The molecule has 28 heavy (non-hydrogen) atoms. The quantitative estimate of drug-likeness (QED) is 0.409. The summed E-state index contributed by atoms with van der Waals surface area (Å²) in [6.45, 7) is 6.79. The van der Waals surface area contributed by atoms with Gasteiger partial charge in [0.25, 0.3) is 0 Å². The standard InChI is InChI=1S/C19H25N5O3S/c1-13-20-19-24(21-13)18(26)17(28-19)16(14-3-5-15(27-2)6-4-14)23-9-7-22(8-10-23)11-12-25/h3-6,16,25-26H,7-12H2,1-2H3/p+2/t16-/m1/s1. The molecule has 3 heterocycles. The number of aliphatic hydroxyl groups excluding tert-OH is 1. The van der Waals surface area contributed by atoms with Gasteiger partial charge < -0.3 is 24.7 Å². The number of ether oxygens (including phenoxy) is 1. The number of piperazine rings is 1. The minimum Gasteiger partial charge on any atom is -0.497 e. The zero-order valence-corrected chi connectivity index (χ0v) is 17.0. The Balaban J connectivity index is 1.70. The molecule has 0 spiro atoms. The van der Waals surface area contributed by atoms with E-state index in [4.69, 9.17) is 4.74 Å². The third kappa shape index (κ3) is 3.58. The van der Waals surface area contributed by atoms with Crippen molar-refractivity contribution >= 4 is 16.3 Å². The average Bonchev–Trinajstić information content (AvgIpc) is 3.22. The summed E-state index contributed by atoms with van der Waals surface area (Å²) >= 11 is 1.50. The lowest BCUT2D eigenvalue weighted by atomic mass is 10.0. The van der Waals surface area contributed by atoms with Gasteiger partial charge in [0.1, 0.15) is 49.2 Å². The van der Waals surface area contributed by atoms with E-state index in [0.29, 0.717) is 10.8 Å². The smallest absolute Gasteiger partial charge is 0.235 e. The second-order valence-corrected chi connectivity index (χ2v) is 8.24. The zero-order valence-electron chi connectivity index (χ0n) is 16.2. The monoisotopic (exact) mass is 405 g/mol. The Hall–Kier alpha value is -2.20. The van der Waals surface area contributed by atoms with E-state index in [1.807, 2.05) is 19.1 Å². The number of fused-ring (bicyclic) bond motifs is 1. The predicted octanol–water partition coefficient (Wildman–Crippen LogP) is -1.32. The van der Waals surface area contributed by atoms with Crippen LogP contribution in [0.15, 0.2) is 24.3 Å². The molecule has 0 amide bonds. The molecule has 0 bridgehead atoms. The average molecular weight is 406 g/mol. The highest BCUT2D eigenvalue weighted by Crippen LogP contribution is 2.35. The first-order valence-electron chi connectivity index (χ1n) is 9.58. The maximum absolute atomic E-state index is 10.9. The van der Waals surface area contributed by atoms with E-state index in [0.717, 1.165) is 48.9 Å². The highest BCUT2D eigenvalue weighted by Gasteiger charge is 2.36. The first kappa shape index (κ1) is 19.1. The molecule has 1 aromatic carbocycles. The van der Waals surface area contributed by atoms with Gasteiger partial charge in [0.15, 0.2) is 6.04 Å². The van der Waals surface area contributed by atoms with Crippen LogP contribution < -0.4 is 14.5 Å². The van der Waals surface area contributed by atoms with E-state index in [9.17, 15) is 10.2 Å². The summed E-state index contributed by atoms with van der Waals surface area (Å²) in [7, 11) is 1.66. The zero-order chi connectivity index (χ0) is 19.7. The molecule has 0 radical (unpaired) electrons. The van der Waals surface area contributed by atoms with Gasteiger partial charge in [-0.25, -0.2) is 4.98 Å². The highest BCUT2D eigenvalue weighted by molar-refractivity contribution is 7.17. The number of nitrogens with zero attached hydrogens (tertiary/aromatic N) is 3. The Morgan fingerprint density at radius 3 is 2.54 bits per heavy atom. The Morgan fingerprint density at radius 2 is 1.93 bits per heavy atom. The number of aromatic hydroxyl groups is 1. The predicted molar refractivity (Wildman–Crippen MR) is 105 cm³/mol. The summed E-state index contributed by atoms with van der Waals surface area (Å²) in [5.74, 6) is 1.65. The van der Waals surface area contributed by atoms with Crippen LogP contribution in [0.1, 0.15) is 22.3 Å². The number of aryl methyl sites for hydroxylation is 1. The molecule has 1 atom stereocenters. The molecule has 3 aromatic rings. The number of quaternary nitrogens is 2. The second kappa shape index (κ2) is 8.04. The lowest BCUT2D eigenvalue weighted by Gasteiger charge is -2.34. The number of benzene rings is 1. The molecule has 8 nitrogen and oxygen atoms in total. The molecule has 1 aliphatic rings. The van der Waals surface area contributed by atoms with E-state index in [1.54, 1.807) is 11.6 Å². The van der Waals surface area contributed by atoms with Crippen molar-refractivity contribution < 1.29 is 24.7 Å². The molecule has 0 unspecified atom stereocenters. The molecule has 4 rings (SSSR count). The van der Waals surface area contributed by atoms with Crippen molar-refractivity contribution in [3.05, 3.63) is 40.5 Å². The molecule has 2 aromatic heterocycles. The molecule has 0 aliphatic carbocycles. The van der Waals surface area contributed by atoms with E-state index in [-0.39, 0.29) is 18.5 Å². The van der Waals surface area contributed by atoms with Crippen molar-refractivity contribution in [2.24, 2.45) is 0 Å². The number of thiazole rings is 1. The van der Waals surface area contributed by atoms with Crippen LogP contribution >= 0.6 is 11.3 Å². The number of aromatic nitrogens is 3. The van der Waals surface area contributed by atoms with Crippen LogP contribution in [0.25, 0.3) is 4.96 Å². The van der Waals surface area contributed by atoms with Crippen LogP contribution in [0.5, 0.6) is 11.6 Å². The fourth-order valence-corrected chi connectivity index (χ4v) is 5.21. The van der Waals surface area contributed by atoms with Gasteiger partial charge in [0.2, 0.25) is 10.8 Å². The molecule has 1 saturated heterocycles. The summed E-state index contributed by atoms with van der Waals surface area (Å²) in [4.78, 5) is 8.87. The lowest BCUT2D eigenvalue weighted by Crippen LogP contribution is -3.28. The Bertz CT molecular complexity index is 931. The lowest BCUT2D eigenvalue weighted by molar-refractivity contribution is -1.02. The summed E-state index contributed by atoms with van der Waals surface area (Å²) in [5, 5.41) is 24.4. The largest absolute Gasteiger partial charge is 0.497 e. The topological polar surface area (TPSA) is 88.8 Å². The van der Waals surface area contributed by atoms with Crippen LogP contribution in [-0.4, -0.2) is 71.3 Å². The molecule has 1 aliphatic heterocycles. The van der Waals surface area contributed by atoms with Gasteiger partial charge >= 0.3 is 0 Å². The van der Waals surface area contributed by atoms with Gasteiger partial charge in [-0.2, -0.15) is 4.52 Å². The molecule has 1 fully saturated rings. The highest BCUT2D eigenvalue weighted by atomic mass is 32.1. The number of hydrogen-bond donors (Lipinski definition) is 4. The van der Waals surface area contributed by atoms with Crippen molar-refractivity contribution in [2.75, 3.05) is 46.4 Å². The van der Waals surface area contributed by atoms with Crippen molar-refractivity contribution in [3.8, 4) is 11.6 Å². The number of nitrogens with one attached hydrogen (secondary N) is 2. The molecular formula is C19H27N5O3S+2. The van der Waals surface area contributed by atoms with Gasteiger partial charge in [-0.15, -0.1) is 5.10 Å². The SMILES string of the molecule is COc1ccc([C@H](c2sc3nc(C)nn3c2O)[NH+]2CC[NH+](CCO)CC2)cc1. The summed E-state index contributed by atoms with van der Waals surface area (Å²) < 4.78 is 6.85. The Morgan fingerprint density at radius 1 is 1.21 bits per heavy atom. The summed E-state index contributed by atoms with van der Waals surface area (Å²) in [6, 6.07) is 8.09. The van der Waals surface area contributed by atoms with E-state index >= 15 is 0 Å². The van der Waals surface area contributed by atoms with Crippen LogP contribution in [0, 0.1) is 6.92 Å². The fourth-order valence-electron chi connectivity index (χ4n) is 4.03. The van der Waals surface area contributed by atoms with Crippen molar-refractivity contribution in [1.82, 2.24) is 14.6 Å². The number of methoxy groups -OCH3 is 1. The van der Waals surface area contributed by atoms with E-state index in [1.165, 1.54) is 21.1 Å². The minimum atomic E-state index is 0.00962. The van der Waals surface area contributed by atoms with Crippen LogP contribution in [-0.2, 0) is 0 Å². The van der Waals surface area contributed by atoms with Gasteiger partial charge in [-0.3, -0.25) is 0 Å². The molecule has 0 saturated carbocycles. The summed E-state index contributed by atoms with van der Waals surface area (Å²) in [5.41, 5.74) is 1.14. The second-order valence-electron chi connectivity index (χ2n) is 7.23. The third-order valence-corrected chi connectivity index (χ3v) is 6.57. The molecule has 4 N–H and O–H groups in total. The van der Waals surface area contributed by atoms with Crippen LogP contribution in [0.4, 0.5) is 0 Å². The Kier molecular flexibility index (Phi) is 5.49. The van der Waals surface area contributed by atoms with Crippen LogP contribution in [0.3, 0.4) is 0 Å². The number of rotatable bonds is 6. The van der Waals surface area contributed by atoms with Crippen LogP contribution in [0.2, 0.25) is 0 Å². The number of aliphatic hydroxyl groups is 1. The van der Waals surface area contributed by atoms with Gasteiger partial charge in [0, 0.05) is 5.56 Å². The maximum Gasteiger partial charge on any atom is 0.235 e. The fraction of sp³-hybridized carbons (Fsp3) is 0.474. The first-order valence-corrected chi connectivity index (χ1v) is 10.4. The van der Waals surface area contributed by atoms with E-state index in [2.05, 4.69) is 22.2 Å². The molecular weight excluding hydrogens is 378 g/mol.